The highest BCUT2D eigenvalue weighted by molar-refractivity contribution is 5.95. The van der Waals surface area contributed by atoms with Crippen LogP contribution in [0, 0.1) is 10.1 Å². The van der Waals surface area contributed by atoms with E-state index in [1.807, 2.05) is 0 Å². The van der Waals surface area contributed by atoms with E-state index in [9.17, 15) is 14.9 Å². The first-order chi connectivity index (χ1) is 9.63. The molecule has 0 atom stereocenters. The summed E-state index contributed by atoms with van der Waals surface area (Å²) in [6, 6.07) is 9.72. The van der Waals surface area contributed by atoms with Crippen molar-refractivity contribution in [3.63, 3.8) is 0 Å². The Hall–Kier alpha value is -2.47. The van der Waals surface area contributed by atoms with Crippen molar-refractivity contribution in [3.05, 3.63) is 46.5 Å². The first-order valence-electron chi connectivity index (χ1n) is 5.93. The minimum atomic E-state index is -0.442. The van der Waals surface area contributed by atoms with Gasteiger partial charge in [0.15, 0.2) is 5.78 Å². The molecule has 0 spiro atoms. The maximum atomic E-state index is 11.4. The van der Waals surface area contributed by atoms with E-state index in [-0.39, 0.29) is 24.7 Å². The van der Waals surface area contributed by atoms with Gasteiger partial charge in [-0.15, -0.1) is 0 Å². The van der Waals surface area contributed by atoms with Crippen molar-refractivity contribution < 1.29 is 19.2 Å². The summed E-state index contributed by atoms with van der Waals surface area (Å²) >= 11 is 0. The van der Waals surface area contributed by atoms with Crippen LogP contribution in [0.5, 0.6) is 5.75 Å². The van der Waals surface area contributed by atoms with E-state index >= 15 is 0 Å². The molecule has 0 amide bonds. The lowest BCUT2D eigenvalue weighted by Gasteiger charge is -2.08. The number of fused-ring (bicyclic) bond motifs is 1. The van der Waals surface area contributed by atoms with Gasteiger partial charge in [-0.1, -0.05) is 18.2 Å². The number of non-ortho nitro benzene ring substituents is 1. The Morgan fingerprint density at radius 3 is 2.50 bits per heavy atom. The highest BCUT2D eigenvalue weighted by atomic mass is 16.6. The number of carbonyl (C=O) groups is 1. The number of Topliss-reactive ketones (excluding diaryl/α,β-unsaturated/α-hetero) is 1. The highest BCUT2D eigenvalue weighted by Gasteiger charge is 2.15. The monoisotopic (exact) mass is 275 g/mol. The predicted molar refractivity (Wildman–Crippen MR) is 73.0 cm³/mol. The van der Waals surface area contributed by atoms with E-state index in [1.165, 1.54) is 19.2 Å². The second-order valence-electron chi connectivity index (χ2n) is 4.15. The molecule has 0 N–H and O–H groups in total. The van der Waals surface area contributed by atoms with Gasteiger partial charge in [0.2, 0.25) is 0 Å². The largest absolute Gasteiger partial charge is 0.485 e. The van der Waals surface area contributed by atoms with Gasteiger partial charge >= 0.3 is 0 Å². The molecule has 6 nitrogen and oxygen atoms in total. The molecule has 0 aliphatic carbocycles. The number of nitro groups is 1. The molecular formula is C14H13NO5. The van der Waals surface area contributed by atoms with Crippen molar-refractivity contribution in [2.24, 2.45) is 0 Å². The quantitative estimate of drug-likeness (QED) is 0.597. The second kappa shape index (κ2) is 6.12. The van der Waals surface area contributed by atoms with Gasteiger partial charge in [-0.25, -0.2) is 0 Å². The molecule has 0 fully saturated rings. The van der Waals surface area contributed by atoms with E-state index in [1.54, 1.807) is 24.3 Å². The van der Waals surface area contributed by atoms with Crippen LogP contribution in [0.15, 0.2) is 36.4 Å². The summed E-state index contributed by atoms with van der Waals surface area (Å²) in [5.74, 6) is 0.241. The third-order valence-electron chi connectivity index (χ3n) is 2.75. The van der Waals surface area contributed by atoms with E-state index in [0.29, 0.717) is 16.5 Å². The number of methoxy groups -OCH3 is 1. The number of hydrogen-bond acceptors (Lipinski definition) is 5. The van der Waals surface area contributed by atoms with Crippen LogP contribution >= 0.6 is 0 Å². The summed E-state index contributed by atoms with van der Waals surface area (Å²) in [5.41, 5.74) is 0.0103. The van der Waals surface area contributed by atoms with Crippen LogP contribution in [-0.4, -0.2) is 31.0 Å². The number of nitrogens with zero attached hydrogens (tertiary/aromatic N) is 1. The Bertz CT molecular complexity index is 653. The molecule has 0 aliphatic heterocycles. The smallest absolute Gasteiger partial charge is 0.277 e. The molecule has 0 radical (unpaired) electrons. The number of nitro benzene ring substituents is 1. The molecule has 0 bridgehead atoms. The average Bonchev–Trinajstić information content (AvgIpc) is 2.44. The van der Waals surface area contributed by atoms with Gasteiger partial charge in [0.25, 0.3) is 5.69 Å². The molecular weight excluding hydrogens is 262 g/mol. The van der Waals surface area contributed by atoms with Gasteiger partial charge in [0, 0.05) is 18.6 Å². The van der Waals surface area contributed by atoms with Crippen molar-refractivity contribution in [2.45, 2.75) is 0 Å². The number of carbonyl (C=O) groups excluding carboxylic acids is 1. The van der Waals surface area contributed by atoms with Crippen LogP contribution in [0.3, 0.4) is 0 Å². The molecule has 6 heteroatoms. The molecule has 104 valence electrons. The molecule has 20 heavy (non-hydrogen) atoms. The molecule has 0 aliphatic rings. The summed E-state index contributed by atoms with van der Waals surface area (Å²) in [4.78, 5) is 21.9. The van der Waals surface area contributed by atoms with E-state index in [0.717, 1.165) is 0 Å². The van der Waals surface area contributed by atoms with E-state index in [2.05, 4.69) is 0 Å². The fourth-order valence-corrected chi connectivity index (χ4v) is 1.90. The molecule has 2 aromatic rings. The van der Waals surface area contributed by atoms with Crippen molar-refractivity contribution in [2.75, 3.05) is 20.3 Å². The van der Waals surface area contributed by atoms with Crippen molar-refractivity contribution in [1.82, 2.24) is 0 Å². The topological polar surface area (TPSA) is 78.7 Å². The predicted octanol–water partition coefficient (Wildman–Crippen LogP) is 2.34. The van der Waals surface area contributed by atoms with Crippen LogP contribution in [0.4, 0.5) is 5.69 Å². The van der Waals surface area contributed by atoms with Crippen LogP contribution in [0.1, 0.15) is 0 Å². The minimum absolute atomic E-state index is 0.0103. The van der Waals surface area contributed by atoms with Gasteiger partial charge in [0.05, 0.1) is 10.3 Å². The van der Waals surface area contributed by atoms with Gasteiger partial charge < -0.3 is 9.47 Å². The van der Waals surface area contributed by atoms with Crippen molar-refractivity contribution >= 4 is 22.2 Å². The fraction of sp³-hybridized carbons (Fsp3) is 0.214. The Labute approximate surface area is 115 Å². The van der Waals surface area contributed by atoms with E-state index < -0.39 is 4.92 Å². The minimum Gasteiger partial charge on any atom is -0.485 e. The SMILES string of the molecule is COCC(=O)COc1ccc([N+](=O)[O-])c2ccccc12. The summed E-state index contributed by atoms with van der Waals surface area (Å²) in [5, 5.41) is 12.1. The van der Waals surface area contributed by atoms with Crippen molar-refractivity contribution in [3.8, 4) is 5.75 Å². The average molecular weight is 275 g/mol. The highest BCUT2D eigenvalue weighted by Crippen LogP contribution is 2.32. The Balaban J connectivity index is 2.33. The molecule has 2 aromatic carbocycles. The lowest BCUT2D eigenvalue weighted by atomic mass is 10.1. The third-order valence-corrected chi connectivity index (χ3v) is 2.75. The summed E-state index contributed by atoms with van der Waals surface area (Å²) in [7, 11) is 1.43. The normalized spacial score (nSPS) is 10.4. The van der Waals surface area contributed by atoms with Crippen molar-refractivity contribution in [1.29, 1.82) is 0 Å². The maximum Gasteiger partial charge on any atom is 0.277 e. The molecule has 0 saturated heterocycles. The number of hydrogen-bond donors (Lipinski definition) is 0. The molecule has 2 rings (SSSR count). The fourth-order valence-electron chi connectivity index (χ4n) is 1.90. The Morgan fingerprint density at radius 2 is 1.85 bits per heavy atom. The molecule has 0 unspecified atom stereocenters. The lowest BCUT2D eigenvalue weighted by Crippen LogP contribution is -2.16. The van der Waals surface area contributed by atoms with Crippen LogP contribution in [0.2, 0.25) is 0 Å². The zero-order valence-corrected chi connectivity index (χ0v) is 10.9. The number of ketones is 1. The first-order valence-corrected chi connectivity index (χ1v) is 5.93. The number of ether oxygens (including phenoxy) is 2. The zero-order valence-electron chi connectivity index (χ0n) is 10.9. The summed E-state index contributed by atoms with van der Waals surface area (Å²) in [6.07, 6.45) is 0. The van der Waals surface area contributed by atoms with Gasteiger partial charge in [-0.3, -0.25) is 14.9 Å². The van der Waals surface area contributed by atoms with E-state index in [4.69, 9.17) is 9.47 Å². The zero-order chi connectivity index (χ0) is 14.5. The van der Waals surface area contributed by atoms with Gasteiger partial charge in [0.1, 0.15) is 19.0 Å². The van der Waals surface area contributed by atoms with Crippen LogP contribution in [-0.2, 0) is 9.53 Å². The first kappa shape index (κ1) is 14.0. The molecule has 0 saturated carbocycles. The number of rotatable bonds is 6. The Kier molecular flexibility index (Phi) is 4.27. The van der Waals surface area contributed by atoms with Gasteiger partial charge in [-0.2, -0.15) is 0 Å². The standard InChI is InChI=1S/C14H13NO5/c1-19-8-10(16)9-20-14-7-6-13(15(17)18)11-4-2-3-5-12(11)14/h2-7H,8-9H2,1H3. The lowest BCUT2D eigenvalue weighted by molar-refractivity contribution is -0.383. The summed E-state index contributed by atoms with van der Waals surface area (Å²) in [6.45, 7) is -0.152. The second-order valence-corrected chi connectivity index (χ2v) is 4.15. The third kappa shape index (κ3) is 2.92. The maximum absolute atomic E-state index is 11.4. The van der Waals surface area contributed by atoms with Gasteiger partial charge in [-0.05, 0) is 12.1 Å². The summed E-state index contributed by atoms with van der Waals surface area (Å²) < 4.78 is 10.1. The van der Waals surface area contributed by atoms with Crippen LogP contribution < -0.4 is 4.74 Å². The molecule has 0 heterocycles. The Morgan fingerprint density at radius 1 is 1.15 bits per heavy atom. The number of benzene rings is 2. The van der Waals surface area contributed by atoms with Crippen LogP contribution in [0.25, 0.3) is 10.8 Å². The molecule has 0 aromatic heterocycles.